The highest BCUT2D eigenvalue weighted by Gasteiger charge is 2.37. The Bertz CT molecular complexity index is 521. The van der Waals surface area contributed by atoms with Crippen molar-refractivity contribution in [2.24, 2.45) is 0 Å². The SMILES string of the molecule is Cc1cc(OCC2(O)COCCN(C3CCC3)C2)ccc1F. The molecule has 1 atom stereocenters. The Balaban J connectivity index is 1.62. The minimum Gasteiger partial charge on any atom is -0.490 e. The fourth-order valence-corrected chi connectivity index (χ4v) is 3.02. The Morgan fingerprint density at radius 2 is 2.27 bits per heavy atom. The lowest BCUT2D eigenvalue weighted by atomic mass is 9.90. The number of hydrogen-bond donors (Lipinski definition) is 1. The summed E-state index contributed by atoms with van der Waals surface area (Å²) in [6.07, 6.45) is 3.67. The molecule has 0 amide bonds. The Hall–Kier alpha value is -1.17. The zero-order valence-corrected chi connectivity index (χ0v) is 13.1. The van der Waals surface area contributed by atoms with E-state index < -0.39 is 5.60 Å². The van der Waals surface area contributed by atoms with Gasteiger partial charge in [0.1, 0.15) is 23.8 Å². The molecule has 0 bridgehead atoms. The minimum atomic E-state index is -1.02. The van der Waals surface area contributed by atoms with Crippen LogP contribution in [0.2, 0.25) is 0 Å². The summed E-state index contributed by atoms with van der Waals surface area (Å²) in [5.41, 5.74) is -0.480. The number of nitrogens with zero attached hydrogens (tertiary/aromatic N) is 1. The monoisotopic (exact) mass is 309 g/mol. The van der Waals surface area contributed by atoms with Crippen LogP contribution in [0.3, 0.4) is 0 Å². The number of rotatable bonds is 4. The Morgan fingerprint density at radius 3 is 2.95 bits per heavy atom. The summed E-state index contributed by atoms with van der Waals surface area (Å²) >= 11 is 0. The van der Waals surface area contributed by atoms with Gasteiger partial charge in [-0.1, -0.05) is 6.42 Å². The van der Waals surface area contributed by atoms with Crippen LogP contribution in [-0.2, 0) is 4.74 Å². The molecule has 0 aromatic heterocycles. The molecule has 122 valence electrons. The van der Waals surface area contributed by atoms with Crippen molar-refractivity contribution in [2.75, 3.05) is 32.9 Å². The van der Waals surface area contributed by atoms with Crippen LogP contribution in [0.1, 0.15) is 24.8 Å². The zero-order valence-electron chi connectivity index (χ0n) is 13.1. The molecule has 22 heavy (non-hydrogen) atoms. The molecule has 1 N–H and O–H groups in total. The van der Waals surface area contributed by atoms with Gasteiger partial charge in [-0.3, -0.25) is 4.90 Å². The van der Waals surface area contributed by atoms with Crippen LogP contribution in [0.5, 0.6) is 5.75 Å². The lowest BCUT2D eigenvalue weighted by Gasteiger charge is -2.39. The number of β-amino-alcohol motifs (C(OH)–C–C–N with tert-alkyl or cyclic N) is 1. The molecule has 1 heterocycles. The average Bonchev–Trinajstić information content (AvgIpc) is 2.61. The maximum Gasteiger partial charge on any atom is 0.134 e. The van der Waals surface area contributed by atoms with Gasteiger partial charge in [-0.25, -0.2) is 4.39 Å². The predicted octanol–water partition coefficient (Wildman–Crippen LogP) is 2.13. The van der Waals surface area contributed by atoms with Gasteiger partial charge in [0.2, 0.25) is 0 Å². The molecule has 2 aliphatic rings. The molecule has 1 aliphatic carbocycles. The second-order valence-electron chi connectivity index (χ2n) is 6.53. The van der Waals surface area contributed by atoms with Crippen LogP contribution >= 0.6 is 0 Å². The second kappa shape index (κ2) is 6.52. The largest absolute Gasteiger partial charge is 0.490 e. The van der Waals surface area contributed by atoms with Gasteiger partial charge < -0.3 is 14.6 Å². The van der Waals surface area contributed by atoms with Crippen molar-refractivity contribution in [1.82, 2.24) is 4.90 Å². The van der Waals surface area contributed by atoms with Gasteiger partial charge in [-0.15, -0.1) is 0 Å². The topological polar surface area (TPSA) is 41.9 Å². The van der Waals surface area contributed by atoms with Gasteiger partial charge in [0.25, 0.3) is 0 Å². The highest BCUT2D eigenvalue weighted by atomic mass is 19.1. The van der Waals surface area contributed by atoms with E-state index in [0.29, 0.717) is 30.5 Å². The predicted molar refractivity (Wildman–Crippen MR) is 81.6 cm³/mol. The molecule has 0 radical (unpaired) electrons. The molecular formula is C17H24FNO3. The van der Waals surface area contributed by atoms with Crippen molar-refractivity contribution in [3.63, 3.8) is 0 Å². The molecule has 5 heteroatoms. The Labute approximate surface area is 130 Å². The van der Waals surface area contributed by atoms with Crippen molar-refractivity contribution in [3.8, 4) is 5.75 Å². The van der Waals surface area contributed by atoms with E-state index in [4.69, 9.17) is 9.47 Å². The first-order chi connectivity index (χ1) is 10.6. The molecular weight excluding hydrogens is 285 g/mol. The number of aryl methyl sites for hydroxylation is 1. The Morgan fingerprint density at radius 1 is 1.45 bits per heavy atom. The standard InChI is InChI=1S/C17H24FNO3/c1-13-9-15(5-6-16(13)18)22-12-17(20)10-19(7-8-21-11-17)14-3-2-4-14/h5-6,9,14,20H,2-4,7-8,10-12H2,1H3. The summed E-state index contributed by atoms with van der Waals surface area (Å²) in [5, 5.41) is 10.8. The molecule has 1 saturated heterocycles. The smallest absolute Gasteiger partial charge is 0.134 e. The van der Waals surface area contributed by atoms with Gasteiger partial charge in [0, 0.05) is 19.1 Å². The van der Waals surface area contributed by atoms with E-state index in [2.05, 4.69) is 4.90 Å². The van der Waals surface area contributed by atoms with Gasteiger partial charge in [0.05, 0.1) is 13.2 Å². The van der Waals surface area contributed by atoms with E-state index in [1.165, 1.54) is 25.3 Å². The molecule has 1 saturated carbocycles. The third kappa shape index (κ3) is 3.59. The lowest BCUT2D eigenvalue weighted by Crippen LogP contribution is -2.52. The minimum absolute atomic E-state index is 0.154. The van der Waals surface area contributed by atoms with Gasteiger partial charge in [-0.05, 0) is 43.5 Å². The summed E-state index contributed by atoms with van der Waals surface area (Å²) < 4.78 is 24.5. The molecule has 4 nitrogen and oxygen atoms in total. The summed E-state index contributed by atoms with van der Waals surface area (Å²) in [6.45, 7) is 4.20. The van der Waals surface area contributed by atoms with Gasteiger partial charge in [-0.2, -0.15) is 0 Å². The maximum atomic E-state index is 13.3. The van der Waals surface area contributed by atoms with Gasteiger partial charge >= 0.3 is 0 Å². The highest BCUT2D eigenvalue weighted by molar-refractivity contribution is 5.28. The first kappa shape index (κ1) is 15.7. The van der Waals surface area contributed by atoms with Crippen LogP contribution in [-0.4, -0.2) is 54.6 Å². The highest BCUT2D eigenvalue weighted by Crippen LogP contribution is 2.27. The summed E-state index contributed by atoms with van der Waals surface area (Å²) in [6, 6.07) is 5.20. The van der Waals surface area contributed by atoms with E-state index in [1.807, 2.05) is 0 Å². The molecule has 1 aromatic rings. The van der Waals surface area contributed by atoms with E-state index in [-0.39, 0.29) is 19.0 Å². The van der Waals surface area contributed by atoms with Crippen LogP contribution in [0, 0.1) is 12.7 Å². The first-order valence-electron chi connectivity index (χ1n) is 7.99. The number of aliphatic hydroxyl groups is 1. The van der Waals surface area contributed by atoms with E-state index in [0.717, 1.165) is 6.54 Å². The van der Waals surface area contributed by atoms with Crippen molar-refractivity contribution < 1.29 is 19.0 Å². The molecule has 2 fully saturated rings. The maximum absolute atomic E-state index is 13.3. The Kier molecular flexibility index (Phi) is 4.66. The molecule has 0 spiro atoms. The van der Waals surface area contributed by atoms with Crippen LogP contribution in [0.4, 0.5) is 4.39 Å². The molecule has 3 rings (SSSR count). The summed E-state index contributed by atoms with van der Waals surface area (Å²) in [7, 11) is 0. The fourth-order valence-electron chi connectivity index (χ4n) is 3.02. The third-order valence-electron chi connectivity index (χ3n) is 4.62. The fraction of sp³-hybridized carbons (Fsp3) is 0.647. The van der Waals surface area contributed by atoms with Crippen molar-refractivity contribution >= 4 is 0 Å². The molecule has 1 unspecified atom stereocenters. The van der Waals surface area contributed by atoms with E-state index in [1.54, 1.807) is 19.1 Å². The quantitative estimate of drug-likeness (QED) is 0.925. The number of benzene rings is 1. The number of halogens is 1. The van der Waals surface area contributed by atoms with Crippen LogP contribution < -0.4 is 4.74 Å². The number of hydrogen-bond acceptors (Lipinski definition) is 4. The van der Waals surface area contributed by atoms with Crippen molar-refractivity contribution in [1.29, 1.82) is 0 Å². The zero-order chi connectivity index (χ0) is 15.6. The normalized spacial score (nSPS) is 27.2. The molecule has 1 aliphatic heterocycles. The van der Waals surface area contributed by atoms with Crippen LogP contribution in [0.15, 0.2) is 18.2 Å². The first-order valence-corrected chi connectivity index (χ1v) is 7.99. The summed E-state index contributed by atoms with van der Waals surface area (Å²) in [5.74, 6) is 0.326. The second-order valence-corrected chi connectivity index (χ2v) is 6.53. The van der Waals surface area contributed by atoms with Crippen molar-refractivity contribution in [3.05, 3.63) is 29.6 Å². The average molecular weight is 309 g/mol. The lowest BCUT2D eigenvalue weighted by molar-refractivity contribution is -0.0698. The third-order valence-corrected chi connectivity index (χ3v) is 4.62. The van der Waals surface area contributed by atoms with Crippen molar-refractivity contribution in [2.45, 2.75) is 37.8 Å². The van der Waals surface area contributed by atoms with E-state index >= 15 is 0 Å². The van der Waals surface area contributed by atoms with E-state index in [9.17, 15) is 9.50 Å². The number of ether oxygens (including phenoxy) is 2. The van der Waals surface area contributed by atoms with Gasteiger partial charge in [0.15, 0.2) is 0 Å². The van der Waals surface area contributed by atoms with Crippen LogP contribution in [0.25, 0.3) is 0 Å². The summed E-state index contributed by atoms with van der Waals surface area (Å²) in [4.78, 5) is 2.32. The molecule has 1 aromatic carbocycles.